The van der Waals surface area contributed by atoms with E-state index < -0.39 is 54.1 Å². The summed E-state index contributed by atoms with van der Waals surface area (Å²) in [6.45, 7) is 6.28. The molecule has 10 aromatic carbocycles. The summed E-state index contributed by atoms with van der Waals surface area (Å²) in [5, 5.41) is 18.5. The molecule has 0 bridgehead atoms. The lowest BCUT2D eigenvalue weighted by molar-refractivity contribution is -0.123. The highest BCUT2D eigenvalue weighted by atomic mass is 16.6. The predicted molar refractivity (Wildman–Crippen MR) is 397 cm³/mol. The number of benzene rings is 10. The molecule has 3 atom stereocenters. The first kappa shape index (κ1) is 68.9. The summed E-state index contributed by atoms with van der Waals surface area (Å²) in [6.07, 6.45) is -0.320. The SMILES string of the molecule is CCc1c(CNC(=O)[C@@H](Cc2ccccc2)NC(=O)OCC2c3ccccc3-c3ccccc32)c(CC)c(CNC(=O)[C@@H](Cc2ccccc2)NC(=O)OCC2c3ccccc3-c3ccccc32)c(CC)c1CNC(=O)[C@@H](Cc1ccccc1)NC(=O)OCC1c2ccccc2-c2ccccc21. The highest BCUT2D eigenvalue weighted by molar-refractivity contribution is 5.89. The van der Waals surface area contributed by atoms with Crippen LogP contribution < -0.4 is 31.9 Å². The molecular weight excluding hydrogens is 1270 g/mol. The van der Waals surface area contributed by atoms with Crippen LogP contribution in [0.1, 0.15) is 122 Å². The molecule has 15 heteroatoms. The molecule has 0 aliphatic heterocycles. The summed E-state index contributed by atoms with van der Waals surface area (Å²) in [5.41, 5.74) is 20.4. The van der Waals surface area contributed by atoms with Crippen LogP contribution in [0.5, 0.6) is 0 Å². The fourth-order valence-electron chi connectivity index (χ4n) is 15.4. The van der Waals surface area contributed by atoms with Crippen molar-refractivity contribution in [3.8, 4) is 33.4 Å². The summed E-state index contributed by atoms with van der Waals surface area (Å²) in [4.78, 5) is 87.6. The zero-order chi connectivity index (χ0) is 70.5. The lowest BCUT2D eigenvalue weighted by atomic mass is 9.83. The van der Waals surface area contributed by atoms with Gasteiger partial charge in [0, 0.05) is 56.7 Å². The van der Waals surface area contributed by atoms with E-state index in [-0.39, 0.29) is 76.5 Å². The van der Waals surface area contributed by atoms with Crippen molar-refractivity contribution >= 4 is 36.0 Å². The highest BCUT2D eigenvalue weighted by Crippen LogP contribution is 2.47. The predicted octanol–water partition coefficient (Wildman–Crippen LogP) is 14.7. The third kappa shape index (κ3) is 15.3. The number of ether oxygens (including phenoxy) is 3. The van der Waals surface area contributed by atoms with Gasteiger partial charge in [-0.25, -0.2) is 14.4 Å². The van der Waals surface area contributed by atoms with Crippen LogP contribution >= 0.6 is 0 Å². The van der Waals surface area contributed by atoms with Crippen molar-refractivity contribution in [2.75, 3.05) is 19.8 Å². The van der Waals surface area contributed by atoms with E-state index in [0.29, 0.717) is 19.3 Å². The number of carbonyl (C=O) groups is 6. The highest BCUT2D eigenvalue weighted by Gasteiger charge is 2.35. The molecule has 0 saturated carbocycles. The number of fused-ring (bicyclic) bond motifs is 9. The monoisotopic (exact) mass is 1360 g/mol. The van der Waals surface area contributed by atoms with E-state index in [1.807, 2.05) is 185 Å². The van der Waals surface area contributed by atoms with Crippen LogP contribution in [0, 0.1) is 0 Å². The maximum atomic E-state index is 15.1. The van der Waals surface area contributed by atoms with Crippen LogP contribution in [0.4, 0.5) is 14.4 Å². The first-order chi connectivity index (χ1) is 50.0. The molecule has 0 unspecified atom stereocenters. The van der Waals surface area contributed by atoms with Crippen molar-refractivity contribution in [2.45, 2.75) is 115 Å². The number of carbonyl (C=O) groups excluding carboxylic acids is 6. The van der Waals surface area contributed by atoms with Crippen molar-refractivity contribution in [1.29, 1.82) is 0 Å². The minimum absolute atomic E-state index is 0.00860. The average molecular weight is 1360 g/mol. The van der Waals surface area contributed by atoms with Gasteiger partial charge in [-0.3, -0.25) is 14.4 Å². The van der Waals surface area contributed by atoms with Gasteiger partial charge in [0.2, 0.25) is 17.7 Å². The van der Waals surface area contributed by atoms with E-state index in [2.05, 4.69) is 105 Å². The molecule has 6 N–H and O–H groups in total. The molecule has 0 fully saturated rings. The summed E-state index contributed by atoms with van der Waals surface area (Å²) < 4.78 is 18.1. The quantitative estimate of drug-likeness (QED) is 0.0271. The van der Waals surface area contributed by atoms with Crippen LogP contribution in [-0.2, 0) is 86.8 Å². The standard InChI is InChI=1S/C87H84N6O9/c1-4-58-73(49-88-82(94)79(46-55-28-10-7-11-29-55)91-85(97)100-52-76-67-40-22-16-34-61(67)62-35-17-23-41-68(62)76)59(5-2)75(51-90-84(96)81(48-57-32-14-9-15-33-57)93-87(99)102-54-78-71-44-26-20-38-65(71)66-39-21-27-45-72(66)78)60(6-3)74(58)50-89-83(95)80(47-56-30-12-8-13-31-56)92-86(98)101-53-77-69-42-24-18-36-63(69)64-37-19-25-43-70(64)77/h7-45,76-81H,4-6,46-54H2,1-3H3,(H,88,94)(H,89,95)(H,90,96)(H,91,97)(H,92,98)(H,93,99)/t79-,80-,81-/m1/s1. The van der Waals surface area contributed by atoms with Gasteiger partial charge in [0.05, 0.1) is 0 Å². The van der Waals surface area contributed by atoms with Gasteiger partial charge in [-0.05, 0) is 136 Å². The van der Waals surface area contributed by atoms with E-state index in [1.54, 1.807) is 0 Å². The van der Waals surface area contributed by atoms with Gasteiger partial charge >= 0.3 is 18.3 Å². The molecule has 516 valence electrons. The topological polar surface area (TPSA) is 202 Å². The largest absolute Gasteiger partial charge is 0.449 e. The fourth-order valence-corrected chi connectivity index (χ4v) is 15.4. The normalized spacial score (nSPS) is 13.3. The third-order valence-electron chi connectivity index (χ3n) is 20.3. The van der Waals surface area contributed by atoms with Gasteiger partial charge in [0.1, 0.15) is 37.9 Å². The molecular formula is C87H84N6O9. The molecule has 0 radical (unpaired) electrons. The fraction of sp³-hybridized carbons (Fsp3) is 0.241. The van der Waals surface area contributed by atoms with Gasteiger partial charge in [-0.15, -0.1) is 0 Å². The van der Waals surface area contributed by atoms with Gasteiger partial charge in [0.15, 0.2) is 0 Å². The molecule has 15 nitrogen and oxygen atoms in total. The van der Waals surface area contributed by atoms with Gasteiger partial charge < -0.3 is 46.1 Å². The molecule has 3 aliphatic rings. The first-order valence-electron chi connectivity index (χ1n) is 35.4. The maximum absolute atomic E-state index is 15.1. The van der Waals surface area contributed by atoms with Crippen LogP contribution in [0.2, 0.25) is 0 Å². The van der Waals surface area contributed by atoms with Crippen molar-refractivity contribution in [1.82, 2.24) is 31.9 Å². The molecule has 10 aromatic rings. The summed E-state index contributed by atoms with van der Waals surface area (Å²) in [6, 6.07) is 73.9. The van der Waals surface area contributed by atoms with E-state index >= 15 is 14.4 Å². The minimum atomic E-state index is -1.07. The summed E-state index contributed by atoms with van der Waals surface area (Å²) >= 11 is 0. The molecule has 0 saturated heterocycles. The number of nitrogens with one attached hydrogen (secondary N) is 6. The second-order valence-corrected chi connectivity index (χ2v) is 26.2. The van der Waals surface area contributed by atoms with Gasteiger partial charge in [-0.2, -0.15) is 0 Å². The number of hydrogen-bond donors (Lipinski definition) is 6. The number of hydrogen-bond acceptors (Lipinski definition) is 9. The second-order valence-electron chi connectivity index (χ2n) is 26.2. The molecule has 102 heavy (non-hydrogen) atoms. The van der Waals surface area contributed by atoms with Crippen LogP contribution in [0.3, 0.4) is 0 Å². The number of rotatable bonds is 27. The Labute approximate surface area is 595 Å². The van der Waals surface area contributed by atoms with Crippen LogP contribution in [0.15, 0.2) is 237 Å². The Morgan fingerprint density at radius 2 is 0.490 bits per heavy atom. The zero-order valence-electron chi connectivity index (χ0n) is 57.6. The molecule has 0 heterocycles. The van der Waals surface area contributed by atoms with E-state index in [9.17, 15) is 14.4 Å². The third-order valence-corrected chi connectivity index (χ3v) is 20.3. The Balaban J connectivity index is 0.783. The van der Waals surface area contributed by atoms with Gasteiger partial charge in [0.25, 0.3) is 0 Å². The van der Waals surface area contributed by atoms with E-state index in [4.69, 9.17) is 14.2 Å². The minimum Gasteiger partial charge on any atom is -0.449 e. The lowest BCUT2D eigenvalue weighted by Crippen LogP contribution is -2.49. The lowest BCUT2D eigenvalue weighted by Gasteiger charge is -2.28. The molecule has 13 rings (SSSR count). The Hall–Kier alpha value is -11.6. The zero-order valence-corrected chi connectivity index (χ0v) is 57.6. The van der Waals surface area contributed by atoms with Crippen molar-refractivity contribution < 1.29 is 43.0 Å². The maximum Gasteiger partial charge on any atom is 0.407 e. The molecule has 0 spiro atoms. The smallest absolute Gasteiger partial charge is 0.407 e. The Bertz CT molecular complexity index is 4070. The average Bonchev–Trinajstić information content (AvgIpc) is 1.49. The van der Waals surface area contributed by atoms with E-state index in [1.165, 1.54) is 0 Å². The van der Waals surface area contributed by atoms with E-state index in [0.717, 1.165) is 117 Å². The van der Waals surface area contributed by atoms with Crippen LogP contribution in [0.25, 0.3) is 33.4 Å². The molecule has 6 amide bonds. The number of alkyl carbamates (subject to hydrolysis) is 3. The Morgan fingerprint density at radius 1 is 0.284 bits per heavy atom. The molecule has 0 aromatic heterocycles. The van der Waals surface area contributed by atoms with Crippen molar-refractivity contribution in [3.63, 3.8) is 0 Å². The first-order valence-corrected chi connectivity index (χ1v) is 35.4. The van der Waals surface area contributed by atoms with Crippen molar-refractivity contribution in [3.05, 3.63) is 320 Å². The van der Waals surface area contributed by atoms with Crippen molar-refractivity contribution in [2.24, 2.45) is 0 Å². The van der Waals surface area contributed by atoms with Gasteiger partial charge in [-0.1, -0.05) is 257 Å². The Kier molecular flexibility index (Phi) is 21.7. The summed E-state index contributed by atoms with van der Waals surface area (Å²) in [7, 11) is 0. The summed E-state index contributed by atoms with van der Waals surface area (Å²) in [5.74, 6) is -1.96. The Morgan fingerprint density at radius 3 is 0.706 bits per heavy atom. The van der Waals surface area contributed by atoms with Crippen LogP contribution in [-0.4, -0.2) is 73.9 Å². The second kappa shape index (κ2) is 32.2. The molecule has 3 aliphatic carbocycles. The number of amides is 6.